The number of nitro groups is 1. The Morgan fingerprint density at radius 1 is 1.25 bits per heavy atom. The lowest BCUT2D eigenvalue weighted by molar-refractivity contribution is -0.384. The van der Waals surface area contributed by atoms with Crippen LogP contribution in [0.1, 0.15) is 10.4 Å². The van der Waals surface area contributed by atoms with E-state index in [0.717, 1.165) is 6.07 Å². The van der Waals surface area contributed by atoms with Crippen molar-refractivity contribution in [3.8, 4) is 0 Å². The van der Waals surface area contributed by atoms with E-state index >= 15 is 0 Å². The number of nitrogens with zero attached hydrogens (tertiary/aromatic N) is 2. The highest BCUT2D eigenvalue weighted by Gasteiger charge is 2.11. The highest BCUT2D eigenvalue weighted by atomic mass is 16.6. The average Bonchev–Trinajstić information content (AvgIpc) is 2.54. The van der Waals surface area contributed by atoms with Crippen molar-refractivity contribution in [2.45, 2.75) is 0 Å². The van der Waals surface area contributed by atoms with Crippen molar-refractivity contribution in [1.82, 2.24) is 9.97 Å². The van der Waals surface area contributed by atoms with Crippen LogP contribution in [0.3, 0.4) is 0 Å². The zero-order valence-corrected chi connectivity index (χ0v) is 12.0. The van der Waals surface area contributed by atoms with Crippen LogP contribution in [0.15, 0.2) is 47.3 Å². The summed E-state index contributed by atoms with van der Waals surface area (Å²) < 4.78 is 0. The van der Waals surface area contributed by atoms with E-state index in [1.165, 1.54) is 24.3 Å². The highest BCUT2D eigenvalue weighted by Crippen LogP contribution is 2.19. The minimum Gasteiger partial charge on any atom is -0.478 e. The molecule has 0 saturated carbocycles. The molecule has 0 radical (unpaired) electrons. The Morgan fingerprint density at radius 2 is 2.04 bits per heavy atom. The predicted octanol–water partition coefficient (Wildman–Crippen LogP) is 2.27. The molecule has 0 saturated heterocycles. The normalized spacial score (nSPS) is 10.5. The molecule has 0 aliphatic carbocycles. The number of carbonyl (C=O) groups is 1. The van der Waals surface area contributed by atoms with Crippen LogP contribution in [-0.4, -0.2) is 26.0 Å². The fourth-order valence-electron chi connectivity index (χ4n) is 2.17. The molecule has 3 rings (SSSR count). The largest absolute Gasteiger partial charge is 0.478 e. The van der Waals surface area contributed by atoms with Gasteiger partial charge in [-0.25, -0.2) is 9.78 Å². The third-order valence-corrected chi connectivity index (χ3v) is 3.27. The van der Waals surface area contributed by atoms with Crippen LogP contribution in [0.2, 0.25) is 0 Å². The lowest BCUT2D eigenvalue weighted by Crippen LogP contribution is -2.11. The van der Waals surface area contributed by atoms with Crippen LogP contribution in [0, 0.1) is 10.1 Å². The lowest BCUT2D eigenvalue weighted by Gasteiger charge is -2.07. The van der Waals surface area contributed by atoms with Crippen LogP contribution in [0.5, 0.6) is 0 Å². The molecule has 0 unspecified atom stereocenters. The number of nitrogens with one attached hydrogen (secondary N) is 2. The van der Waals surface area contributed by atoms with Gasteiger partial charge in [-0.1, -0.05) is 6.07 Å². The van der Waals surface area contributed by atoms with Gasteiger partial charge in [0.1, 0.15) is 0 Å². The minimum absolute atomic E-state index is 0.0822. The molecule has 3 N–H and O–H groups in total. The summed E-state index contributed by atoms with van der Waals surface area (Å²) >= 11 is 0. The van der Waals surface area contributed by atoms with Gasteiger partial charge in [-0.2, -0.15) is 0 Å². The number of anilines is 2. The van der Waals surface area contributed by atoms with Gasteiger partial charge < -0.3 is 10.4 Å². The Labute approximate surface area is 133 Å². The highest BCUT2D eigenvalue weighted by molar-refractivity contribution is 5.89. The Bertz CT molecular complexity index is 1030. The third kappa shape index (κ3) is 2.90. The van der Waals surface area contributed by atoms with E-state index in [1.54, 1.807) is 12.1 Å². The van der Waals surface area contributed by atoms with E-state index in [0.29, 0.717) is 5.69 Å². The van der Waals surface area contributed by atoms with Crippen molar-refractivity contribution >= 4 is 34.2 Å². The molecule has 24 heavy (non-hydrogen) atoms. The number of rotatable bonds is 4. The molecule has 0 aliphatic heterocycles. The van der Waals surface area contributed by atoms with Crippen molar-refractivity contribution in [3.05, 3.63) is 68.5 Å². The van der Waals surface area contributed by atoms with E-state index in [-0.39, 0.29) is 28.1 Å². The Kier molecular flexibility index (Phi) is 3.66. The van der Waals surface area contributed by atoms with Crippen LogP contribution < -0.4 is 10.9 Å². The smallest absolute Gasteiger partial charge is 0.335 e. The maximum absolute atomic E-state index is 12.1. The zero-order chi connectivity index (χ0) is 17.3. The van der Waals surface area contributed by atoms with E-state index in [9.17, 15) is 19.7 Å². The molecular formula is C15H10N4O5. The molecule has 0 aliphatic rings. The summed E-state index contributed by atoms with van der Waals surface area (Å²) in [6.45, 7) is 0. The van der Waals surface area contributed by atoms with Crippen LogP contribution in [0.25, 0.3) is 10.9 Å². The van der Waals surface area contributed by atoms with Crippen molar-refractivity contribution < 1.29 is 14.8 Å². The summed E-state index contributed by atoms with van der Waals surface area (Å²) in [4.78, 5) is 39.9. The topological polar surface area (TPSA) is 138 Å². The Morgan fingerprint density at radius 3 is 2.75 bits per heavy atom. The van der Waals surface area contributed by atoms with Crippen molar-refractivity contribution in [2.24, 2.45) is 0 Å². The SMILES string of the molecule is O=C(O)c1cccc(Nc2nc3ccc([N+](=O)[O-])cc3c(=O)[nH]2)c1. The number of hydrogen-bond donors (Lipinski definition) is 3. The first kappa shape index (κ1) is 15.2. The van der Waals surface area contributed by atoms with Gasteiger partial charge in [0, 0.05) is 17.8 Å². The number of nitro benzene ring substituents is 1. The fourth-order valence-corrected chi connectivity index (χ4v) is 2.17. The maximum atomic E-state index is 12.1. The summed E-state index contributed by atoms with van der Waals surface area (Å²) in [5, 5.41) is 22.6. The minimum atomic E-state index is -1.08. The predicted molar refractivity (Wildman–Crippen MR) is 85.7 cm³/mol. The van der Waals surface area contributed by atoms with Crippen molar-refractivity contribution in [3.63, 3.8) is 0 Å². The average molecular weight is 326 g/mol. The van der Waals surface area contributed by atoms with E-state index in [2.05, 4.69) is 15.3 Å². The molecule has 0 atom stereocenters. The van der Waals surface area contributed by atoms with Gasteiger partial charge in [-0.3, -0.25) is 19.9 Å². The molecule has 9 heteroatoms. The molecule has 0 bridgehead atoms. The molecule has 1 aromatic heterocycles. The second-order valence-electron chi connectivity index (χ2n) is 4.88. The first-order valence-corrected chi connectivity index (χ1v) is 6.73. The quantitative estimate of drug-likeness (QED) is 0.493. The summed E-state index contributed by atoms with van der Waals surface area (Å²) in [6.07, 6.45) is 0. The van der Waals surface area contributed by atoms with Crippen molar-refractivity contribution in [1.29, 1.82) is 0 Å². The lowest BCUT2D eigenvalue weighted by atomic mass is 10.2. The summed E-state index contributed by atoms with van der Waals surface area (Å²) in [7, 11) is 0. The van der Waals surface area contributed by atoms with Crippen LogP contribution in [-0.2, 0) is 0 Å². The molecule has 2 aromatic carbocycles. The van der Waals surface area contributed by atoms with E-state index < -0.39 is 16.5 Å². The molecule has 1 heterocycles. The Balaban J connectivity index is 2.01. The first-order chi connectivity index (χ1) is 11.4. The number of hydrogen-bond acceptors (Lipinski definition) is 6. The molecule has 0 amide bonds. The second-order valence-corrected chi connectivity index (χ2v) is 4.88. The van der Waals surface area contributed by atoms with Crippen LogP contribution in [0.4, 0.5) is 17.3 Å². The Hall–Kier alpha value is -3.75. The third-order valence-electron chi connectivity index (χ3n) is 3.27. The number of H-pyrrole nitrogens is 1. The summed E-state index contributed by atoms with van der Waals surface area (Å²) in [6, 6.07) is 9.77. The van der Waals surface area contributed by atoms with Gasteiger partial charge >= 0.3 is 5.97 Å². The van der Waals surface area contributed by atoms with Gasteiger partial charge in [-0.05, 0) is 24.3 Å². The number of carboxylic acids is 1. The number of fused-ring (bicyclic) bond motifs is 1. The second kappa shape index (κ2) is 5.80. The van der Waals surface area contributed by atoms with E-state index in [1.807, 2.05) is 0 Å². The number of benzene rings is 2. The van der Waals surface area contributed by atoms with Gasteiger partial charge in [0.25, 0.3) is 11.2 Å². The fraction of sp³-hybridized carbons (Fsp3) is 0. The number of aromatic nitrogens is 2. The van der Waals surface area contributed by atoms with Gasteiger partial charge in [0.05, 0.1) is 21.4 Å². The number of carboxylic acid groups (broad SMARTS) is 1. The van der Waals surface area contributed by atoms with E-state index in [4.69, 9.17) is 5.11 Å². The van der Waals surface area contributed by atoms with Gasteiger partial charge in [0.15, 0.2) is 0 Å². The number of non-ortho nitro benzene ring substituents is 1. The number of aromatic carboxylic acids is 1. The molecule has 0 spiro atoms. The van der Waals surface area contributed by atoms with Crippen molar-refractivity contribution in [2.75, 3.05) is 5.32 Å². The summed E-state index contributed by atoms with van der Waals surface area (Å²) in [5.74, 6) is -0.977. The van der Waals surface area contributed by atoms with Crippen LogP contribution >= 0.6 is 0 Å². The zero-order valence-electron chi connectivity index (χ0n) is 12.0. The standard InChI is InChI=1S/C15H10N4O5/c20-13-11-7-10(19(23)24)4-5-12(11)17-15(18-13)16-9-3-1-2-8(6-9)14(21)22/h1-7H,(H,21,22)(H2,16,17,18,20). The molecule has 9 nitrogen and oxygen atoms in total. The molecule has 120 valence electrons. The van der Waals surface area contributed by atoms with Gasteiger partial charge in [0.2, 0.25) is 5.95 Å². The first-order valence-electron chi connectivity index (χ1n) is 6.73. The monoisotopic (exact) mass is 326 g/mol. The molecule has 0 fully saturated rings. The molecule has 3 aromatic rings. The molecular weight excluding hydrogens is 316 g/mol. The van der Waals surface area contributed by atoms with Gasteiger partial charge in [-0.15, -0.1) is 0 Å². The number of aromatic amines is 1. The maximum Gasteiger partial charge on any atom is 0.335 e. The summed E-state index contributed by atoms with van der Waals surface area (Å²) in [5.41, 5.74) is 0.0459.